The number of fused-ring (bicyclic) bond motifs is 1. The van der Waals surface area contributed by atoms with E-state index in [1.165, 1.54) is 0 Å². The van der Waals surface area contributed by atoms with E-state index in [0.29, 0.717) is 11.9 Å². The highest BCUT2D eigenvalue weighted by molar-refractivity contribution is 5.86. The Morgan fingerprint density at radius 2 is 2.00 bits per heavy atom. The van der Waals surface area contributed by atoms with Crippen LogP contribution in [0.5, 0.6) is 0 Å². The molecule has 2 fully saturated rings. The van der Waals surface area contributed by atoms with E-state index in [-0.39, 0.29) is 0 Å². The van der Waals surface area contributed by atoms with E-state index in [1.54, 1.807) is 11.0 Å². The lowest BCUT2D eigenvalue weighted by Crippen LogP contribution is -2.45. The summed E-state index contributed by atoms with van der Waals surface area (Å²) < 4.78 is 1.78. The van der Waals surface area contributed by atoms with Gasteiger partial charge in [0.2, 0.25) is 5.91 Å². The smallest absolute Gasteiger partial charge is 0.222 e. The van der Waals surface area contributed by atoms with Crippen molar-refractivity contribution in [1.29, 1.82) is 0 Å². The molecular weight excluding hydrogens is 280 g/mol. The molecule has 0 aromatic carbocycles. The first-order valence-electron chi connectivity index (χ1n) is 7.91. The van der Waals surface area contributed by atoms with Crippen molar-refractivity contribution in [1.82, 2.24) is 24.6 Å². The third kappa shape index (κ3) is 2.20. The zero-order chi connectivity index (χ0) is 15.1. The number of nitrogens with zero attached hydrogens (tertiary/aromatic N) is 6. The molecule has 22 heavy (non-hydrogen) atoms. The Kier molecular flexibility index (Phi) is 3.20. The number of rotatable bonds is 2. The zero-order valence-electron chi connectivity index (χ0n) is 12.8. The van der Waals surface area contributed by atoms with Crippen molar-refractivity contribution < 1.29 is 4.79 Å². The number of hydrogen-bond acceptors (Lipinski definition) is 5. The lowest BCUT2D eigenvalue weighted by Gasteiger charge is -2.37. The average molecular weight is 300 g/mol. The summed E-state index contributed by atoms with van der Waals surface area (Å²) in [6.45, 7) is 2.79. The van der Waals surface area contributed by atoms with Gasteiger partial charge in [-0.05, 0) is 19.3 Å². The Bertz CT molecular complexity index is 703. The zero-order valence-corrected chi connectivity index (χ0v) is 12.8. The van der Waals surface area contributed by atoms with Gasteiger partial charge < -0.3 is 9.80 Å². The van der Waals surface area contributed by atoms with Gasteiger partial charge in [0.25, 0.3) is 0 Å². The number of amides is 1. The summed E-state index contributed by atoms with van der Waals surface area (Å²) in [4.78, 5) is 24.9. The summed E-state index contributed by atoms with van der Waals surface area (Å²) in [5.74, 6) is 1.29. The second-order valence-electron chi connectivity index (χ2n) is 6.15. The summed E-state index contributed by atoms with van der Waals surface area (Å²) in [7, 11) is 1.90. The third-order valence-electron chi connectivity index (χ3n) is 4.73. The van der Waals surface area contributed by atoms with Gasteiger partial charge in [-0.15, -0.1) is 0 Å². The van der Waals surface area contributed by atoms with Crippen molar-refractivity contribution in [3.05, 3.63) is 12.5 Å². The van der Waals surface area contributed by atoms with Gasteiger partial charge in [-0.25, -0.2) is 9.97 Å². The molecule has 0 radical (unpaired) electrons. The number of likely N-dealkylation sites (tertiary alicyclic amines) is 1. The quantitative estimate of drug-likeness (QED) is 0.826. The molecule has 0 saturated carbocycles. The largest absolute Gasteiger partial charge is 0.356 e. The van der Waals surface area contributed by atoms with Gasteiger partial charge in [0.05, 0.1) is 5.39 Å². The molecule has 7 heteroatoms. The molecule has 4 heterocycles. The highest BCUT2D eigenvalue weighted by atomic mass is 16.2. The maximum Gasteiger partial charge on any atom is 0.222 e. The molecule has 0 atom stereocenters. The van der Waals surface area contributed by atoms with E-state index in [1.807, 2.05) is 13.2 Å². The van der Waals surface area contributed by atoms with Crippen molar-refractivity contribution in [3.8, 4) is 0 Å². The standard InChI is InChI=1S/C15H20N6O/c1-19-9-12-14(18-19)16-10-17-15(12)20-7-4-11(5-8-20)21-6-2-3-13(21)22/h9-11H,2-8H2,1H3. The fourth-order valence-corrected chi connectivity index (χ4v) is 3.63. The summed E-state index contributed by atoms with van der Waals surface area (Å²) in [5.41, 5.74) is 0.740. The van der Waals surface area contributed by atoms with Crippen molar-refractivity contribution in [2.24, 2.45) is 7.05 Å². The molecule has 7 nitrogen and oxygen atoms in total. The van der Waals surface area contributed by atoms with Crippen LogP contribution in [-0.4, -0.2) is 56.2 Å². The minimum Gasteiger partial charge on any atom is -0.356 e. The van der Waals surface area contributed by atoms with E-state index in [9.17, 15) is 4.79 Å². The fourth-order valence-electron chi connectivity index (χ4n) is 3.63. The third-order valence-corrected chi connectivity index (χ3v) is 4.73. The molecule has 2 aliphatic heterocycles. The number of anilines is 1. The van der Waals surface area contributed by atoms with Gasteiger partial charge in [0.15, 0.2) is 5.65 Å². The normalized spacial score (nSPS) is 20.3. The molecular formula is C15H20N6O. The lowest BCUT2D eigenvalue weighted by atomic mass is 10.0. The molecule has 0 bridgehead atoms. The summed E-state index contributed by atoms with van der Waals surface area (Å²) in [6.07, 6.45) is 7.32. The molecule has 116 valence electrons. The Hall–Kier alpha value is -2.18. The Morgan fingerprint density at radius 3 is 2.73 bits per heavy atom. The highest BCUT2D eigenvalue weighted by Crippen LogP contribution is 2.27. The molecule has 0 spiro atoms. The fraction of sp³-hybridized carbons (Fsp3) is 0.600. The first-order chi connectivity index (χ1) is 10.7. The van der Waals surface area contributed by atoms with E-state index in [2.05, 4.69) is 24.9 Å². The van der Waals surface area contributed by atoms with Crippen LogP contribution in [0.2, 0.25) is 0 Å². The van der Waals surface area contributed by atoms with E-state index in [4.69, 9.17) is 0 Å². The van der Waals surface area contributed by atoms with Gasteiger partial charge in [-0.2, -0.15) is 5.10 Å². The van der Waals surface area contributed by atoms with Crippen molar-refractivity contribution in [2.75, 3.05) is 24.5 Å². The first kappa shape index (κ1) is 13.5. The Labute approximate surface area is 128 Å². The number of hydrogen-bond donors (Lipinski definition) is 0. The number of piperidine rings is 1. The Morgan fingerprint density at radius 1 is 1.18 bits per heavy atom. The highest BCUT2D eigenvalue weighted by Gasteiger charge is 2.31. The van der Waals surface area contributed by atoms with Gasteiger partial charge >= 0.3 is 0 Å². The molecule has 1 amide bonds. The molecule has 2 saturated heterocycles. The van der Waals surface area contributed by atoms with Crippen LogP contribution in [0.25, 0.3) is 11.0 Å². The molecule has 2 aliphatic rings. The van der Waals surface area contributed by atoms with Crippen LogP contribution in [-0.2, 0) is 11.8 Å². The van der Waals surface area contributed by atoms with Crippen LogP contribution in [0.1, 0.15) is 25.7 Å². The summed E-state index contributed by atoms with van der Waals surface area (Å²) >= 11 is 0. The van der Waals surface area contributed by atoms with Gasteiger partial charge in [0.1, 0.15) is 12.1 Å². The monoisotopic (exact) mass is 300 g/mol. The SMILES string of the molecule is Cn1cc2c(N3CCC(N4CCCC4=O)CC3)ncnc2n1. The molecule has 0 N–H and O–H groups in total. The van der Waals surface area contributed by atoms with E-state index < -0.39 is 0 Å². The first-order valence-corrected chi connectivity index (χ1v) is 7.91. The predicted octanol–water partition coefficient (Wildman–Crippen LogP) is 0.954. The minimum absolute atomic E-state index is 0.329. The van der Waals surface area contributed by atoms with Crippen LogP contribution < -0.4 is 4.90 Å². The molecule has 2 aromatic heterocycles. The lowest BCUT2D eigenvalue weighted by molar-refractivity contribution is -0.130. The van der Waals surface area contributed by atoms with Crippen molar-refractivity contribution in [3.63, 3.8) is 0 Å². The minimum atomic E-state index is 0.329. The van der Waals surface area contributed by atoms with Crippen LogP contribution >= 0.6 is 0 Å². The predicted molar refractivity (Wildman–Crippen MR) is 82.5 cm³/mol. The number of aryl methyl sites for hydroxylation is 1. The molecule has 0 unspecified atom stereocenters. The average Bonchev–Trinajstić information content (AvgIpc) is 3.11. The summed E-state index contributed by atoms with van der Waals surface area (Å²) in [5, 5.41) is 5.34. The summed E-state index contributed by atoms with van der Waals surface area (Å²) in [6, 6.07) is 0.400. The van der Waals surface area contributed by atoms with Crippen molar-refractivity contribution >= 4 is 22.8 Å². The van der Waals surface area contributed by atoms with E-state index in [0.717, 1.165) is 62.2 Å². The second kappa shape index (κ2) is 5.23. The maximum absolute atomic E-state index is 11.9. The topological polar surface area (TPSA) is 67.2 Å². The van der Waals surface area contributed by atoms with Crippen LogP contribution in [0.4, 0.5) is 5.82 Å². The second-order valence-corrected chi connectivity index (χ2v) is 6.15. The van der Waals surface area contributed by atoms with Crippen LogP contribution in [0, 0.1) is 0 Å². The number of carbonyl (C=O) groups is 1. The van der Waals surface area contributed by atoms with Gasteiger partial charge in [-0.3, -0.25) is 9.48 Å². The molecule has 2 aromatic rings. The van der Waals surface area contributed by atoms with E-state index >= 15 is 0 Å². The number of aromatic nitrogens is 4. The van der Waals surface area contributed by atoms with Gasteiger partial charge in [-0.1, -0.05) is 0 Å². The van der Waals surface area contributed by atoms with Crippen LogP contribution in [0.15, 0.2) is 12.5 Å². The van der Waals surface area contributed by atoms with Crippen molar-refractivity contribution in [2.45, 2.75) is 31.7 Å². The molecule has 4 rings (SSSR count). The molecule has 0 aliphatic carbocycles. The number of carbonyl (C=O) groups excluding carboxylic acids is 1. The maximum atomic E-state index is 11.9. The Balaban J connectivity index is 1.52. The van der Waals surface area contributed by atoms with Crippen LogP contribution in [0.3, 0.4) is 0 Å². The van der Waals surface area contributed by atoms with Gasteiger partial charge in [0, 0.05) is 45.3 Å².